The Bertz CT molecular complexity index is 706. The van der Waals surface area contributed by atoms with Crippen molar-refractivity contribution in [3.8, 4) is 0 Å². The minimum Gasteiger partial charge on any atom is -0.384 e. The molecule has 8 nitrogen and oxygen atoms in total. The minimum atomic E-state index is -0.0537. The number of nitrogens with one attached hydrogen (secondary N) is 2. The fourth-order valence-electron chi connectivity index (χ4n) is 3.27. The third-order valence-corrected chi connectivity index (χ3v) is 5.23. The van der Waals surface area contributed by atoms with Crippen molar-refractivity contribution in [2.45, 2.75) is 38.3 Å². The van der Waals surface area contributed by atoms with Crippen LogP contribution in [0.2, 0.25) is 0 Å². The number of benzene rings is 1. The highest BCUT2D eigenvalue weighted by Crippen LogP contribution is 2.13. The first kappa shape index (κ1) is 27.2. The molecule has 0 saturated carbocycles. The highest BCUT2D eigenvalue weighted by atomic mass is 127. The van der Waals surface area contributed by atoms with Crippen LogP contribution in [-0.4, -0.2) is 81.1 Å². The monoisotopic (exact) mass is 545 g/mol. The number of methoxy groups -OCH3 is 1. The Labute approximate surface area is 202 Å². The van der Waals surface area contributed by atoms with E-state index in [1.54, 1.807) is 21.2 Å². The molecule has 2 amide bonds. The third-order valence-electron chi connectivity index (χ3n) is 5.23. The second kappa shape index (κ2) is 14.2. The average molecular weight is 545 g/mol. The zero-order valence-corrected chi connectivity index (χ0v) is 21.3. The van der Waals surface area contributed by atoms with E-state index in [4.69, 9.17) is 4.74 Å². The Morgan fingerprint density at radius 2 is 1.87 bits per heavy atom. The number of carbonyl (C=O) groups is 2. The van der Waals surface area contributed by atoms with Gasteiger partial charge in [0.25, 0.3) is 0 Å². The summed E-state index contributed by atoms with van der Waals surface area (Å²) < 4.78 is 5.00. The van der Waals surface area contributed by atoms with Crippen LogP contribution in [0, 0.1) is 0 Å². The smallest absolute Gasteiger partial charge is 0.243 e. The number of ether oxygens (including phenoxy) is 1. The van der Waals surface area contributed by atoms with Crippen LogP contribution in [0.15, 0.2) is 35.3 Å². The SMILES string of the molecule is COCCC(=O)N1CCC(NC(=NCC(=O)N(C)C)NC(C)c2ccccc2)CC1.I. The molecule has 1 atom stereocenters. The van der Waals surface area contributed by atoms with Gasteiger partial charge in [-0.25, -0.2) is 4.99 Å². The lowest BCUT2D eigenvalue weighted by molar-refractivity contribution is -0.133. The molecule has 1 aromatic carbocycles. The fourth-order valence-corrected chi connectivity index (χ4v) is 3.27. The number of likely N-dealkylation sites (tertiary alicyclic amines) is 1. The molecular formula is C22H36IN5O3. The van der Waals surface area contributed by atoms with Crippen LogP contribution < -0.4 is 10.6 Å². The first-order chi connectivity index (χ1) is 14.4. The van der Waals surface area contributed by atoms with Gasteiger partial charge in [-0.2, -0.15) is 0 Å². The maximum atomic E-state index is 12.2. The van der Waals surface area contributed by atoms with E-state index in [0.717, 1.165) is 18.4 Å². The van der Waals surface area contributed by atoms with Crippen LogP contribution in [0.3, 0.4) is 0 Å². The Morgan fingerprint density at radius 1 is 1.23 bits per heavy atom. The summed E-state index contributed by atoms with van der Waals surface area (Å²) in [6.07, 6.45) is 2.09. The summed E-state index contributed by atoms with van der Waals surface area (Å²) in [7, 11) is 5.05. The molecular weight excluding hydrogens is 509 g/mol. The number of halogens is 1. The summed E-state index contributed by atoms with van der Waals surface area (Å²) in [6, 6.07) is 10.4. The molecule has 1 heterocycles. The molecule has 9 heteroatoms. The Hall–Kier alpha value is -1.88. The highest BCUT2D eigenvalue weighted by Gasteiger charge is 2.23. The molecule has 1 aliphatic heterocycles. The van der Waals surface area contributed by atoms with Crippen molar-refractivity contribution in [1.29, 1.82) is 0 Å². The summed E-state index contributed by atoms with van der Waals surface area (Å²) in [4.78, 5) is 32.1. The molecule has 0 spiro atoms. The Morgan fingerprint density at radius 3 is 2.45 bits per heavy atom. The van der Waals surface area contributed by atoms with E-state index in [9.17, 15) is 9.59 Å². The summed E-state index contributed by atoms with van der Waals surface area (Å²) in [5.41, 5.74) is 1.14. The standard InChI is InChI=1S/C22H35N5O3.HI/c1-17(18-8-6-5-7-9-18)24-22(23-16-21(29)26(2)3)25-19-10-13-27(14-11-19)20(28)12-15-30-4;/h5-9,17,19H,10-16H2,1-4H3,(H2,23,24,25);1H. The number of carbonyl (C=O) groups excluding carboxylic acids is 2. The summed E-state index contributed by atoms with van der Waals surface area (Å²) in [6.45, 7) is 4.02. The van der Waals surface area contributed by atoms with E-state index >= 15 is 0 Å². The van der Waals surface area contributed by atoms with Crippen molar-refractivity contribution in [3.63, 3.8) is 0 Å². The number of aliphatic imine (C=N–C) groups is 1. The lowest BCUT2D eigenvalue weighted by atomic mass is 10.0. The molecule has 2 rings (SSSR count). The van der Waals surface area contributed by atoms with E-state index in [0.29, 0.717) is 32.1 Å². The van der Waals surface area contributed by atoms with Gasteiger partial charge in [0.05, 0.1) is 19.1 Å². The van der Waals surface area contributed by atoms with Gasteiger partial charge >= 0.3 is 0 Å². The zero-order chi connectivity index (χ0) is 21.9. The zero-order valence-electron chi connectivity index (χ0n) is 19.0. The molecule has 2 N–H and O–H groups in total. The van der Waals surface area contributed by atoms with Gasteiger partial charge in [-0.15, -0.1) is 24.0 Å². The van der Waals surface area contributed by atoms with E-state index < -0.39 is 0 Å². The van der Waals surface area contributed by atoms with Crippen LogP contribution in [0.4, 0.5) is 0 Å². The predicted molar refractivity (Wildman–Crippen MR) is 134 cm³/mol. The molecule has 0 radical (unpaired) electrons. The van der Waals surface area contributed by atoms with Crippen LogP contribution in [0.1, 0.15) is 37.8 Å². The number of guanidine groups is 1. The number of hydrogen-bond acceptors (Lipinski definition) is 4. The molecule has 1 aromatic rings. The molecule has 1 fully saturated rings. The molecule has 0 aromatic heterocycles. The van der Waals surface area contributed by atoms with Gasteiger partial charge < -0.3 is 25.2 Å². The van der Waals surface area contributed by atoms with Crippen molar-refractivity contribution >= 4 is 41.8 Å². The van der Waals surface area contributed by atoms with Crippen molar-refractivity contribution in [2.24, 2.45) is 4.99 Å². The molecule has 0 aliphatic carbocycles. The van der Waals surface area contributed by atoms with Crippen molar-refractivity contribution < 1.29 is 14.3 Å². The Kier molecular flexibility index (Phi) is 12.5. The van der Waals surface area contributed by atoms with Crippen LogP contribution in [0.25, 0.3) is 0 Å². The quantitative estimate of drug-likeness (QED) is 0.297. The first-order valence-electron chi connectivity index (χ1n) is 10.5. The second-order valence-corrected chi connectivity index (χ2v) is 7.77. The molecule has 31 heavy (non-hydrogen) atoms. The van der Waals surface area contributed by atoms with E-state index in [-0.39, 0.29) is 54.4 Å². The molecule has 0 bridgehead atoms. The van der Waals surface area contributed by atoms with Gasteiger partial charge in [-0.05, 0) is 25.3 Å². The van der Waals surface area contributed by atoms with Crippen molar-refractivity contribution in [2.75, 3.05) is 47.4 Å². The van der Waals surface area contributed by atoms with Gasteiger partial charge in [0.2, 0.25) is 11.8 Å². The predicted octanol–water partition coefficient (Wildman–Crippen LogP) is 2.02. The maximum absolute atomic E-state index is 12.2. The number of nitrogens with zero attached hydrogens (tertiary/aromatic N) is 3. The molecule has 174 valence electrons. The molecule has 1 saturated heterocycles. The van der Waals surface area contributed by atoms with Crippen LogP contribution in [-0.2, 0) is 14.3 Å². The normalized spacial score (nSPS) is 15.6. The van der Waals surface area contributed by atoms with Gasteiger partial charge in [0.15, 0.2) is 5.96 Å². The number of hydrogen-bond donors (Lipinski definition) is 2. The second-order valence-electron chi connectivity index (χ2n) is 7.77. The number of piperidine rings is 1. The summed E-state index contributed by atoms with van der Waals surface area (Å²) in [5.74, 6) is 0.698. The lowest BCUT2D eigenvalue weighted by Crippen LogP contribution is -2.50. The third kappa shape index (κ3) is 9.42. The number of rotatable bonds is 8. The minimum absolute atomic E-state index is 0. The topological polar surface area (TPSA) is 86.3 Å². The lowest BCUT2D eigenvalue weighted by Gasteiger charge is -2.33. The summed E-state index contributed by atoms with van der Waals surface area (Å²) in [5, 5.41) is 6.87. The van der Waals surface area contributed by atoms with Crippen LogP contribution in [0.5, 0.6) is 0 Å². The van der Waals surface area contributed by atoms with Crippen molar-refractivity contribution in [3.05, 3.63) is 35.9 Å². The van der Waals surface area contributed by atoms with Gasteiger partial charge in [0.1, 0.15) is 6.54 Å². The van der Waals surface area contributed by atoms with Crippen molar-refractivity contribution in [1.82, 2.24) is 20.4 Å². The first-order valence-corrected chi connectivity index (χ1v) is 10.5. The summed E-state index contributed by atoms with van der Waals surface area (Å²) >= 11 is 0. The number of amides is 2. The average Bonchev–Trinajstić information content (AvgIpc) is 2.76. The van der Waals surface area contributed by atoms with Crippen LogP contribution >= 0.6 is 24.0 Å². The van der Waals surface area contributed by atoms with E-state index in [2.05, 4.69) is 34.7 Å². The van der Waals surface area contributed by atoms with Gasteiger partial charge in [0, 0.05) is 40.3 Å². The number of likely N-dealkylation sites (N-methyl/N-ethyl adjacent to an activating group) is 1. The fraction of sp³-hybridized carbons (Fsp3) is 0.591. The molecule has 1 aliphatic rings. The highest BCUT2D eigenvalue weighted by molar-refractivity contribution is 14.0. The Balaban J connectivity index is 0.00000480. The van der Waals surface area contributed by atoms with E-state index in [1.807, 2.05) is 23.1 Å². The molecule has 1 unspecified atom stereocenters. The van der Waals surface area contributed by atoms with Gasteiger partial charge in [-0.1, -0.05) is 30.3 Å². The van der Waals surface area contributed by atoms with E-state index in [1.165, 1.54) is 4.90 Å². The maximum Gasteiger partial charge on any atom is 0.243 e. The van der Waals surface area contributed by atoms with Gasteiger partial charge in [-0.3, -0.25) is 9.59 Å². The largest absolute Gasteiger partial charge is 0.384 e.